The summed E-state index contributed by atoms with van der Waals surface area (Å²) in [6.07, 6.45) is 0. The van der Waals surface area contributed by atoms with Crippen LogP contribution in [0.2, 0.25) is 0 Å². The summed E-state index contributed by atoms with van der Waals surface area (Å²) in [5.41, 5.74) is 17.4. The highest BCUT2D eigenvalue weighted by atomic mass is 14.9. The average Bonchev–Trinajstić information content (AvgIpc) is 3.49. The molecular formula is C53H38N2. The molecule has 55 heavy (non-hydrogen) atoms. The number of rotatable bonds is 6. The molecule has 260 valence electrons. The van der Waals surface area contributed by atoms with E-state index in [-0.39, 0.29) is 5.41 Å². The molecule has 0 aliphatic heterocycles. The van der Waals surface area contributed by atoms with Crippen molar-refractivity contribution in [1.29, 1.82) is 0 Å². The van der Waals surface area contributed by atoms with Gasteiger partial charge in [0.25, 0.3) is 0 Å². The van der Waals surface area contributed by atoms with Crippen LogP contribution in [0.1, 0.15) is 25.0 Å². The van der Waals surface area contributed by atoms with E-state index in [2.05, 4.69) is 190 Å². The molecule has 10 rings (SSSR count). The fourth-order valence-corrected chi connectivity index (χ4v) is 8.54. The number of hydrogen-bond acceptors (Lipinski definition) is 2. The summed E-state index contributed by atoms with van der Waals surface area (Å²) in [4.78, 5) is 10.5. The summed E-state index contributed by atoms with van der Waals surface area (Å²) >= 11 is 0. The predicted octanol–water partition coefficient (Wildman–Crippen LogP) is 13.9. The number of aromatic nitrogens is 2. The first-order chi connectivity index (χ1) is 27.0. The minimum absolute atomic E-state index is 0.0265. The van der Waals surface area contributed by atoms with Crippen molar-refractivity contribution in [2.24, 2.45) is 0 Å². The normalized spacial score (nSPS) is 12.7. The molecule has 0 spiro atoms. The van der Waals surface area contributed by atoms with Gasteiger partial charge in [-0.2, -0.15) is 0 Å². The molecule has 1 aromatic heterocycles. The SMILES string of the molecule is CC1(C)c2ccccc2-c2cc(-c3ccc(-c4cc(-c5ccc(-c6ccccc6)c(-c6ccccc6)c5)nc(-c5ccccc5)n4)c4ccccc34)ccc21. The molecule has 1 heterocycles. The first kappa shape index (κ1) is 32.7. The van der Waals surface area contributed by atoms with Crippen LogP contribution >= 0.6 is 0 Å². The molecule has 0 saturated carbocycles. The summed E-state index contributed by atoms with van der Waals surface area (Å²) in [5, 5.41) is 2.36. The predicted molar refractivity (Wildman–Crippen MR) is 230 cm³/mol. The van der Waals surface area contributed by atoms with Crippen LogP contribution in [0.5, 0.6) is 0 Å². The molecule has 9 aromatic rings. The summed E-state index contributed by atoms with van der Waals surface area (Å²) in [7, 11) is 0. The minimum atomic E-state index is -0.0265. The van der Waals surface area contributed by atoms with Crippen LogP contribution < -0.4 is 0 Å². The van der Waals surface area contributed by atoms with Gasteiger partial charge in [0.05, 0.1) is 11.4 Å². The van der Waals surface area contributed by atoms with Gasteiger partial charge in [0.2, 0.25) is 0 Å². The van der Waals surface area contributed by atoms with E-state index in [1.165, 1.54) is 61.0 Å². The average molecular weight is 703 g/mol. The zero-order chi connectivity index (χ0) is 36.9. The Hall–Kier alpha value is -6.90. The maximum absolute atomic E-state index is 5.27. The van der Waals surface area contributed by atoms with E-state index in [1.807, 2.05) is 18.2 Å². The number of hydrogen-bond donors (Lipinski definition) is 0. The topological polar surface area (TPSA) is 25.8 Å². The quantitative estimate of drug-likeness (QED) is 0.172. The molecule has 0 bridgehead atoms. The highest BCUT2D eigenvalue weighted by Crippen LogP contribution is 2.50. The Kier molecular flexibility index (Phi) is 7.85. The fourth-order valence-electron chi connectivity index (χ4n) is 8.54. The Morgan fingerprint density at radius 3 is 1.55 bits per heavy atom. The number of nitrogens with zero attached hydrogens (tertiary/aromatic N) is 2. The van der Waals surface area contributed by atoms with E-state index in [9.17, 15) is 0 Å². The standard InChI is InChI=1S/C53H38N2/c1-53(2)48-25-15-14-24-44(48)47-32-38(27-31-49(47)53)41-29-30-45(43-23-13-12-22-42(41)43)51-34-50(54-52(55-51)37-20-10-5-11-21-37)39-26-28-40(35-16-6-3-7-17-35)46(33-39)36-18-8-4-9-19-36/h3-34H,1-2H3. The number of benzene rings is 8. The van der Waals surface area contributed by atoms with Crippen molar-refractivity contribution >= 4 is 10.8 Å². The van der Waals surface area contributed by atoms with Crippen molar-refractivity contribution in [1.82, 2.24) is 9.97 Å². The molecule has 2 heteroatoms. The van der Waals surface area contributed by atoms with E-state index in [0.717, 1.165) is 33.5 Å². The van der Waals surface area contributed by atoms with E-state index in [1.54, 1.807) is 0 Å². The summed E-state index contributed by atoms with van der Waals surface area (Å²) < 4.78 is 0. The molecule has 0 saturated heterocycles. The third-order valence-electron chi connectivity index (χ3n) is 11.3. The molecule has 0 radical (unpaired) electrons. The molecule has 0 N–H and O–H groups in total. The number of fused-ring (bicyclic) bond motifs is 4. The lowest BCUT2D eigenvalue weighted by molar-refractivity contribution is 0.660. The van der Waals surface area contributed by atoms with E-state index in [4.69, 9.17) is 9.97 Å². The molecular weight excluding hydrogens is 665 g/mol. The maximum Gasteiger partial charge on any atom is 0.160 e. The summed E-state index contributed by atoms with van der Waals surface area (Å²) in [5.74, 6) is 0.703. The third-order valence-corrected chi connectivity index (χ3v) is 11.3. The minimum Gasteiger partial charge on any atom is -0.228 e. The van der Waals surface area contributed by atoms with Crippen molar-refractivity contribution < 1.29 is 0 Å². The lowest BCUT2D eigenvalue weighted by Gasteiger charge is -2.21. The first-order valence-corrected chi connectivity index (χ1v) is 19.0. The largest absolute Gasteiger partial charge is 0.228 e. The lowest BCUT2D eigenvalue weighted by atomic mass is 9.82. The van der Waals surface area contributed by atoms with Crippen molar-refractivity contribution in [3.8, 4) is 78.4 Å². The van der Waals surface area contributed by atoms with Gasteiger partial charge in [-0.25, -0.2) is 9.97 Å². The van der Waals surface area contributed by atoms with Gasteiger partial charge in [0.15, 0.2) is 5.82 Å². The molecule has 8 aromatic carbocycles. The van der Waals surface area contributed by atoms with Crippen molar-refractivity contribution in [2.45, 2.75) is 19.3 Å². The Labute approximate surface area is 322 Å². The smallest absolute Gasteiger partial charge is 0.160 e. The lowest BCUT2D eigenvalue weighted by Crippen LogP contribution is -2.14. The molecule has 0 fully saturated rings. The molecule has 0 unspecified atom stereocenters. The van der Waals surface area contributed by atoms with Crippen LogP contribution in [0.15, 0.2) is 194 Å². The van der Waals surface area contributed by atoms with Gasteiger partial charge < -0.3 is 0 Å². The molecule has 1 aliphatic carbocycles. The van der Waals surface area contributed by atoms with Gasteiger partial charge in [-0.3, -0.25) is 0 Å². The van der Waals surface area contributed by atoms with Crippen LogP contribution in [-0.4, -0.2) is 9.97 Å². The van der Waals surface area contributed by atoms with Crippen LogP contribution in [0.3, 0.4) is 0 Å². The van der Waals surface area contributed by atoms with Gasteiger partial charge in [-0.1, -0.05) is 190 Å². The van der Waals surface area contributed by atoms with Crippen LogP contribution in [0, 0.1) is 0 Å². The zero-order valence-corrected chi connectivity index (χ0v) is 30.9. The van der Waals surface area contributed by atoms with E-state index >= 15 is 0 Å². The molecule has 2 nitrogen and oxygen atoms in total. The van der Waals surface area contributed by atoms with Gasteiger partial charge in [-0.15, -0.1) is 0 Å². The van der Waals surface area contributed by atoms with Crippen LogP contribution in [-0.2, 0) is 5.41 Å². The Balaban J connectivity index is 1.14. The highest BCUT2D eigenvalue weighted by Gasteiger charge is 2.35. The molecule has 0 atom stereocenters. The Morgan fingerprint density at radius 2 is 0.818 bits per heavy atom. The molecule has 0 amide bonds. The fraction of sp³-hybridized carbons (Fsp3) is 0.0566. The monoisotopic (exact) mass is 702 g/mol. The summed E-state index contributed by atoms with van der Waals surface area (Å²) in [6, 6.07) is 69.6. The highest BCUT2D eigenvalue weighted by molar-refractivity contribution is 6.05. The third kappa shape index (κ3) is 5.66. The Morgan fingerprint density at radius 1 is 0.309 bits per heavy atom. The van der Waals surface area contributed by atoms with Gasteiger partial charge in [0, 0.05) is 22.1 Å². The second kappa shape index (κ2) is 13.2. The second-order valence-corrected chi connectivity index (χ2v) is 15.0. The Bertz CT molecular complexity index is 2870. The second-order valence-electron chi connectivity index (χ2n) is 15.0. The van der Waals surface area contributed by atoms with Gasteiger partial charge in [-0.05, 0) is 84.6 Å². The van der Waals surface area contributed by atoms with Crippen LogP contribution in [0.4, 0.5) is 0 Å². The van der Waals surface area contributed by atoms with Gasteiger partial charge >= 0.3 is 0 Å². The maximum atomic E-state index is 5.27. The van der Waals surface area contributed by atoms with E-state index in [0.29, 0.717) is 5.82 Å². The van der Waals surface area contributed by atoms with Crippen molar-refractivity contribution in [3.63, 3.8) is 0 Å². The van der Waals surface area contributed by atoms with E-state index < -0.39 is 0 Å². The first-order valence-electron chi connectivity index (χ1n) is 19.0. The molecule has 1 aliphatic rings. The van der Waals surface area contributed by atoms with Crippen LogP contribution in [0.25, 0.3) is 89.2 Å². The zero-order valence-electron chi connectivity index (χ0n) is 30.9. The van der Waals surface area contributed by atoms with Crippen molar-refractivity contribution in [2.75, 3.05) is 0 Å². The summed E-state index contributed by atoms with van der Waals surface area (Å²) in [6.45, 7) is 4.67. The van der Waals surface area contributed by atoms with Gasteiger partial charge in [0.1, 0.15) is 0 Å². The van der Waals surface area contributed by atoms with Crippen molar-refractivity contribution in [3.05, 3.63) is 205 Å².